The fraction of sp³-hybridized carbons (Fsp3) is 0.562. The van der Waals surface area contributed by atoms with Gasteiger partial charge in [-0.15, -0.1) is 0 Å². The predicted molar refractivity (Wildman–Crippen MR) is 86.3 cm³/mol. The zero-order chi connectivity index (χ0) is 16.0. The van der Waals surface area contributed by atoms with Gasteiger partial charge in [0.2, 0.25) is 0 Å². The van der Waals surface area contributed by atoms with Crippen LogP contribution in [0.15, 0.2) is 24.3 Å². The molecule has 1 atom stereocenters. The highest BCUT2D eigenvalue weighted by atomic mass is 16.3. The van der Waals surface area contributed by atoms with Crippen molar-refractivity contribution in [2.45, 2.75) is 33.4 Å². The molecule has 0 heterocycles. The molecule has 118 valence electrons. The van der Waals surface area contributed by atoms with E-state index in [4.69, 9.17) is 0 Å². The molecule has 0 saturated heterocycles. The lowest BCUT2D eigenvalue weighted by Gasteiger charge is -2.29. The number of amides is 2. The molecule has 0 aliphatic rings. The molecule has 5 nitrogen and oxygen atoms in total. The molecule has 0 aromatic heterocycles. The highest BCUT2D eigenvalue weighted by molar-refractivity contribution is 5.89. The molecule has 0 aliphatic carbocycles. The molecule has 0 radical (unpaired) electrons. The van der Waals surface area contributed by atoms with Gasteiger partial charge in [0.05, 0.1) is 12.6 Å². The number of carbonyl (C=O) groups excluding carboxylic acids is 1. The van der Waals surface area contributed by atoms with Gasteiger partial charge in [-0.3, -0.25) is 0 Å². The number of aliphatic hydroxyl groups is 1. The summed E-state index contributed by atoms with van der Waals surface area (Å²) < 4.78 is 0. The number of carbonyl (C=O) groups is 1. The molecular weight excluding hydrogens is 266 g/mol. The van der Waals surface area contributed by atoms with Crippen LogP contribution in [-0.4, -0.2) is 42.8 Å². The van der Waals surface area contributed by atoms with Gasteiger partial charge in [-0.2, -0.15) is 0 Å². The van der Waals surface area contributed by atoms with Crippen molar-refractivity contribution in [2.24, 2.45) is 5.41 Å². The third-order valence-corrected chi connectivity index (χ3v) is 3.22. The summed E-state index contributed by atoms with van der Waals surface area (Å²) in [5.74, 6) is 0. The second-order valence-electron chi connectivity index (χ2n) is 6.64. The number of nitrogens with one attached hydrogen (secondary N) is 2. The molecule has 1 aromatic carbocycles. The Hall–Kier alpha value is -1.59. The van der Waals surface area contributed by atoms with Crippen molar-refractivity contribution in [3.8, 4) is 0 Å². The Morgan fingerprint density at radius 1 is 1.33 bits per heavy atom. The number of benzene rings is 1. The van der Waals surface area contributed by atoms with E-state index in [2.05, 4.69) is 15.5 Å². The van der Waals surface area contributed by atoms with Crippen LogP contribution < -0.4 is 10.6 Å². The lowest BCUT2D eigenvalue weighted by Crippen LogP contribution is -2.47. The minimum atomic E-state index is -0.300. The van der Waals surface area contributed by atoms with Crippen molar-refractivity contribution < 1.29 is 9.90 Å². The number of rotatable bonds is 5. The van der Waals surface area contributed by atoms with Gasteiger partial charge >= 0.3 is 6.03 Å². The maximum atomic E-state index is 12.0. The lowest BCUT2D eigenvalue weighted by atomic mass is 9.87. The van der Waals surface area contributed by atoms with Gasteiger partial charge in [-0.1, -0.05) is 32.9 Å². The number of anilines is 1. The summed E-state index contributed by atoms with van der Waals surface area (Å²) in [5.41, 5.74) is 1.68. The number of hydrogen-bond donors (Lipinski definition) is 3. The van der Waals surface area contributed by atoms with E-state index in [1.165, 1.54) is 0 Å². The first-order chi connectivity index (χ1) is 9.72. The van der Waals surface area contributed by atoms with Crippen molar-refractivity contribution in [2.75, 3.05) is 26.0 Å². The predicted octanol–water partition coefficient (Wildman–Crippen LogP) is 2.28. The zero-order valence-corrected chi connectivity index (χ0v) is 13.6. The Labute approximate surface area is 127 Å². The highest BCUT2D eigenvalue weighted by Gasteiger charge is 2.25. The fourth-order valence-electron chi connectivity index (χ4n) is 1.97. The summed E-state index contributed by atoms with van der Waals surface area (Å²) >= 11 is 0. The Kier molecular flexibility index (Phi) is 6.18. The van der Waals surface area contributed by atoms with E-state index in [0.29, 0.717) is 0 Å². The second-order valence-corrected chi connectivity index (χ2v) is 6.64. The maximum absolute atomic E-state index is 12.0. The molecule has 21 heavy (non-hydrogen) atoms. The maximum Gasteiger partial charge on any atom is 0.319 e. The van der Waals surface area contributed by atoms with E-state index in [9.17, 15) is 9.90 Å². The van der Waals surface area contributed by atoms with Crippen molar-refractivity contribution in [1.29, 1.82) is 0 Å². The van der Waals surface area contributed by atoms with E-state index in [1.54, 1.807) is 0 Å². The second kappa shape index (κ2) is 7.43. The summed E-state index contributed by atoms with van der Waals surface area (Å²) in [7, 11) is 4.00. The molecular formula is C16H27N3O2. The van der Waals surface area contributed by atoms with Crippen molar-refractivity contribution >= 4 is 11.7 Å². The first-order valence-corrected chi connectivity index (χ1v) is 7.14. The first-order valence-electron chi connectivity index (χ1n) is 7.14. The third kappa shape index (κ3) is 6.14. The molecule has 0 spiro atoms. The Bertz CT molecular complexity index is 467. The minimum Gasteiger partial charge on any atom is -0.394 e. The fourth-order valence-corrected chi connectivity index (χ4v) is 1.97. The minimum absolute atomic E-state index is 0.0857. The first kappa shape index (κ1) is 17.5. The van der Waals surface area contributed by atoms with E-state index in [-0.39, 0.29) is 24.1 Å². The van der Waals surface area contributed by atoms with Crippen LogP contribution in [0.25, 0.3) is 0 Å². The van der Waals surface area contributed by atoms with Crippen LogP contribution in [0, 0.1) is 5.41 Å². The Morgan fingerprint density at radius 3 is 2.52 bits per heavy atom. The Balaban J connectivity index is 2.66. The molecule has 0 unspecified atom stereocenters. The van der Waals surface area contributed by atoms with Crippen molar-refractivity contribution in [3.05, 3.63) is 29.8 Å². The van der Waals surface area contributed by atoms with Crippen LogP contribution in [0.4, 0.5) is 10.5 Å². The van der Waals surface area contributed by atoms with Crippen LogP contribution in [0.5, 0.6) is 0 Å². The summed E-state index contributed by atoms with van der Waals surface area (Å²) in [4.78, 5) is 14.1. The lowest BCUT2D eigenvalue weighted by molar-refractivity contribution is 0.162. The third-order valence-electron chi connectivity index (χ3n) is 3.22. The standard InChI is InChI=1S/C16H27N3O2/c1-16(2,3)14(11-20)18-15(21)17-13-8-6-7-12(9-13)10-19(4)5/h6-9,14,20H,10-11H2,1-5H3,(H2,17,18,21)/t14-/m1/s1. The molecule has 0 fully saturated rings. The summed E-state index contributed by atoms with van der Waals surface area (Å²) in [6, 6.07) is 7.15. The summed E-state index contributed by atoms with van der Waals surface area (Å²) in [6.45, 7) is 6.67. The highest BCUT2D eigenvalue weighted by Crippen LogP contribution is 2.19. The van der Waals surface area contributed by atoms with Gasteiger partial charge in [0.15, 0.2) is 0 Å². The molecule has 2 amide bonds. The molecule has 0 aliphatic heterocycles. The molecule has 1 aromatic rings. The van der Waals surface area contributed by atoms with E-state index in [0.717, 1.165) is 17.8 Å². The number of nitrogens with zero attached hydrogens (tertiary/aromatic N) is 1. The average molecular weight is 293 g/mol. The van der Waals surface area contributed by atoms with Crippen LogP contribution in [-0.2, 0) is 6.54 Å². The van der Waals surface area contributed by atoms with Gasteiger partial charge in [-0.25, -0.2) is 4.79 Å². The van der Waals surface area contributed by atoms with Crippen LogP contribution in [0.2, 0.25) is 0 Å². The number of urea groups is 1. The van der Waals surface area contributed by atoms with Gasteiger partial charge in [0, 0.05) is 12.2 Å². The topological polar surface area (TPSA) is 64.6 Å². The average Bonchev–Trinajstić information content (AvgIpc) is 2.34. The van der Waals surface area contributed by atoms with Crippen LogP contribution >= 0.6 is 0 Å². The van der Waals surface area contributed by atoms with Gasteiger partial charge < -0.3 is 20.6 Å². The van der Waals surface area contributed by atoms with E-state index >= 15 is 0 Å². The van der Waals surface area contributed by atoms with Crippen LogP contribution in [0.3, 0.4) is 0 Å². The smallest absolute Gasteiger partial charge is 0.319 e. The molecule has 1 rings (SSSR count). The largest absolute Gasteiger partial charge is 0.394 e. The number of hydrogen-bond acceptors (Lipinski definition) is 3. The normalized spacial score (nSPS) is 13.1. The van der Waals surface area contributed by atoms with Gasteiger partial charge in [0.1, 0.15) is 0 Å². The quantitative estimate of drug-likeness (QED) is 0.780. The summed E-state index contributed by atoms with van der Waals surface area (Å²) in [5, 5.41) is 15.0. The monoisotopic (exact) mass is 293 g/mol. The van der Waals surface area contributed by atoms with E-state index < -0.39 is 0 Å². The zero-order valence-electron chi connectivity index (χ0n) is 13.6. The number of aliphatic hydroxyl groups excluding tert-OH is 1. The molecule has 0 bridgehead atoms. The summed E-state index contributed by atoms with van der Waals surface area (Å²) in [6.07, 6.45) is 0. The van der Waals surface area contributed by atoms with Crippen molar-refractivity contribution in [1.82, 2.24) is 10.2 Å². The van der Waals surface area contributed by atoms with Crippen LogP contribution in [0.1, 0.15) is 26.3 Å². The SMILES string of the molecule is CN(C)Cc1cccc(NC(=O)N[C@H](CO)C(C)(C)C)c1. The van der Waals surface area contributed by atoms with E-state index in [1.807, 2.05) is 59.1 Å². The van der Waals surface area contributed by atoms with Crippen molar-refractivity contribution in [3.63, 3.8) is 0 Å². The molecule has 5 heteroatoms. The van der Waals surface area contributed by atoms with Gasteiger partial charge in [0.25, 0.3) is 0 Å². The molecule has 0 saturated carbocycles. The Morgan fingerprint density at radius 2 is 2.00 bits per heavy atom. The molecule has 3 N–H and O–H groups in total. The van der Waals surface area contributed by atoms with Gasteiger partial charge in [-0.05, 0) is 37.2 Å².